The van der Waals surface area contributed by atoms with Crippen LogP contribution in [0.25, 0.3) is 0 Å². The van der Waals surface area contributed by atoms with Crippen molar-refractivity contribution in [2.24, 2.45) is 0 Å². The molecule has 4 rings (SSSR count). The van der Waals surface area contributed by atoms with Gasteiger partial charge >= 0.3 is 0 Å². The molecule has 1 amide bonds. The lowest BCUT2D eigenvalue weighted by molar-refractivity contribution is 0.0415. The lowest BCUT2D eigenvalue weighted by Gasteiger charge is -2.47. The fraction of sp³-hybridized carbons (Fsp3) is 0.474. The maximum absolute atomic E-state index is 12.7. The van der Waals surface area contributed by atoms with Gasteiger partial charge < -0.3 is 9.80 Å². The standard InChI is InChI=1S/C19H23N5O/c1-4-15-6-5-14(9-22-15)18(25)23-10-19(11-23)12-24(13(2)3)17-16(19)20-7-8-21-17/h5-9,13H,4,10-12H2,1-3H3. The molecule has 2 aliphatic heterocycles. The van der Waals surface area contributed by atoms with Gasteiger partial charge in [0.1, 0.15) is 0 Å². The van der Waals surface area contributed by atoms with Crippen LogP contribution in [0.4, 0.5) is 5.82 Å². The van der Waals surface area contributed by atoms with Crippen LogP contribution in [-0.2, 0) is 11.8 Å². The number of pyridine rings is 1. The second kappa shape index (κ2) is 5.79. The summed E-state index contributed by atoms with van der Waals surface area (Å²) in [4.78, 5) is 30.4. The van der Waals surface area contributed by atoms with E-state index in [4.69, 9.17) is 0 Å². The van der Waals surface area contributed by atoms with Crippen molar-refractivity contribution in [3.8, 4) is 0 Å². The Morgan fingerprint density at radius 2 is 1.92 bits per heavy atom. The smallest absolute Gasteiger partial charge is 0.255 e. The molecule has 0 radical (unpaired) electrons. The summed E-state index contributed by atoms with van der Waals surface area (Å²) in [6.45, 7) is 8.65. The molecule has 2 aromatic heterocycles. The van der Waals surface area contributed by atoms with E-state index in [1.807, 2.05) is 17.0 Å². The molecule has 0 saturated carbocycles. The first-order valence-electron chi connectivity index (χ1n) is 8.86. The van der Waals surface area contributed by atoms with Crippen molar-refractivity contribution in [1.82, 2.24) is 19.9 Å². The summed E-state index contributed by atoms with van der Waals surface area (Å²) in [6, 6.07) is 4.17. The van der Waals surface area contributed by atoms with Crippen LogP contribution in [0.3, 0.4) is 0 Å². The maximum Gasteiger partial charge on any atom is 0.255 e. The highest BCUT2D eigenvalue weighted by Gasteiger charge is 2.54. The normalized spacial score (nSPS) is 17.8. The minimum absolute atomic E-state index is 0.0502. The molecule has 0 aromatic carbocycles. The third kappa shape index (κ3) is 2.47. The molecular formula is C19H23N5O. The van der Waals surface area contributed by atoms with E-state index in [2.05, 4.69) is 40.6 Å². The molecule has 1 spiro atoms. The molecule has 0 unspecified atom stereocenters. The Bertz CT molecular complexity index is 796. The number of nitrogens with zero attached hydrogens (tertiary/aromatic N) is 5. The number of hydrogen-bond acceptors (Lipinski definition) is 5. The van der Waals surface area contributed by atoms with Crippen LogP contribution in [-0.4, -0.2) is 51.4 Å². The van der Waals surface area contributed by atoms with Crippen molar-refractivity contribution in [1.29, 1.82) is 0 Å². The Balaban J connectivity index is 1.53. The molecule has 0 atom stereocenters. The van der Waals surface area contributed by atoms with Crippen molar-refractivity contribution < 1.29 is 4.79 Å². The van der Waals surface area contributed by atoms with Crippen molar-refractivity contribution >= 4 is 11.7 Å². The van der Waals surface area contributed by atoms with Gasteiger partial charge in [-0.1, -0.05) is 6.92 Å². The average Bonchev–Trinajstić information content (AvgIpc) is 2.96. The minimum atomic E-state index is -0.0830. The molecule has 25 heavy (non-hydrogen) atoms. The van der Waals surface area contributed by atoms with E-state index in [0.29, 0.717) is 24.7 Å². The molecule has 0 bridgehead atoms. The number of carbonyl (C=O) groups is 1. The molecule has 0 N–H and O–H groups in total. The third-order valence-electron chi connectivity index (χ3n) is 5.26. The molecule has 2 aromatic rings. The number of likely N-dealkylation sites (tertiary alicyclic amines) is 1. The number of hydrogen-bond donors (Lipinski definition) is 0. The van der Waals surface area contributed by atoms with Gasteiger partial charge in [-0.15, -0.1) is 0 Å². The Labute approximate surface area is 147 Å². The Morgan fingerprint density at radius 3 is 2.56 bits per heavy atom. The molecular weight excluding hydrogens is 314 g/mol. The van der Waals surface area contributed by atoms with Gasteiger partial charge in [-0.05, 0) is 32.4 Å². The van der Waals surface area contributed by atoms with E-state index >= 15 is 0 Å². The molecule has 1 saturated heterocycles. The van der Waals surface area contributed by atoms with E-state index in [9.17, 15) is 4.79 Å². The topological polar surface area (TPSA) is 62.2 Å². The Hall–Kier alpha value is -2.50. The van der Waals surface area contributed by atoms with Gasteiger partial charge in [0.25, 0.3) is 5.91 Å². The SMILES string of the molecule is CCc1ccc(C(=O)N2CC3(C2)CN(C(C)C)c2nccnc23)cn1. The van der Waals surface area contributed by atoms with E-state index in [-0.39, 0.29) is 11.3 Å². The van der Waals surface area contributed by atoms with Crippen LogP contribution in [0.2, 0.25) is 0 Å². The highest BCUT2D eigenvalue weighted by Crippen LogP contribution is 2.45. The fourth-order valence-electron chi connectivity index (χ4n) is 3.84. The van der Waals surface area contributed by atoms with Crippen molar-refractivity contribution in [2.45, 2.75) is 38.6 Å². The van der Waals surface area contributed by atoms with Gasteiger partial charge in [-0.25, -0.2) is 4.98 Å². The first kappa shape index (κ1) is 16.0. The number of carbonyl (C=O) groups excluding carboxylic acids is 1. The van der Waals surface area contributed by atoms with Crippen LogP contribution >= 0.6 is 0 Å². The highest BCUT2D eigenvalue weighted by molar-refractivity contribution is 5.95. The minimum Gasteiger partial charge on any atom is -0.352 e. The number of aromatic nitrogens is 3. The second-order valence-corrected chi connectivity index (χ2v) is 7.28. The van der Waals surface area contributed by atoms with Gasteiger partial charge in [0, 0.05) is 50.0 Å². The summed E-state index contributed by atoms with van der Waals surface area (Å²) in [5.74, 6) is 1.02. The molecule has 1 fully saturated rings. The lowest BCUT2D eigenvalue weighted by Crippen LogP contribution is -2.63. The zero-order valence-corrected chi connectivity index (χ0v) is 14.9. The first-order valence-corrected chi connectivity index (χ1v) is 8.86. The van der Waals surface area contributed by atoms with E-state index in [1.165, 1.54) is 0 Å². The number of anilines is 1. The fourth-order valence-corrected chi connectivity index (χ4v) is 3.84. The summed E-state index contributed by atoms with van der Waals surface area (Å²) in [6.07, 6.45) is 6.06. The maximum atomic E-state index is 12.7. The Morgan fingerprint density at radius 1 is 1.16 bits per heavy atom. The molecule has 130 valence electrons. The average molecular weight is 337 g/mol. The van der Waals surface area contributed by atoms with Gasteiger partial charge in [0.15, 0.2) is 5.82 Å². The Kier molecular flexibility index (Phi) is 3.71. The number of rotatable bonds is 3. The van der Waals surface area contributed by atoms with Crippen LogP contribution in [0.15, 0.2) is 30.7 Å². The molecule has 0 aliphatic carbocycles. The predicted molar refractivity (Wildman–Crippen MR) is 95.7 cm³/mol. The van der Waals surface area contributed by atoms with Crippen LogP contribution in [0.5, 0.6) is 0 Å². The van der Waals surface area contributed by atoms with Crippen molar-refractivity contribution in [2.75, 3.05) is 24.5 Å². The summed E-state index contributed by atoms with van der Waals surface area (Å²) >= 11 is 0. The number of amides is 1. The monoisotopic (exact) mass is 337 g/mol. The molecule has 2 aliphatic rings. The molecule has 6 nitrogen and oxygen atoms in total. The third-order valence-corrected chi connectivity index (χ3v) is 5.26. The van der Waals surface area contributed by atoms with Gasteiger partial charge in [0.05, 0.1) is 16.7 Å². The van der Waals surface area contributed by atoms with Crippen molar-refractivity contribution in [3.63, 3.8) is 0 Å². The van der Waals surface area contributed by atoms with Gasteiger partial charge in [-0.2, -0.15) is 0 Å². The zero-order chi connectivity index (χ0) is 17.6. The second-order valence-electron chi connectivity index (χ2n) is 7.28. The predicted octanol–water partition coefficient (Wildman–Crippen LogP) is 2.06. The molecule has 4 heterocycles. The van der Waals surface area contributed by atoms with Crippen LogP contribution in [0, 0.1) is 0 Å². The largest absolute Gasteiger partial charge is 0.352 e. The molecule has 6 heteroatoms. The van der Waals surface area contributed by atoms with Crippen LogP contribution < -0.4 is 4.90 Å². The summed E-state index contributed by atoms with van der Waals surface area (Å²) < 4.78 is 0. The van der Waals surface area contributed by atoms with E-state index < -0.39 is 0 Å². The summed E-state index contributed by atoms with van der Waals surface area (Å²) in [5.41, 5.74) is 2.61. The van der Waals surface area contributed by atoms with Gasteiger partial charge in [-0.3, -0.25) is 14.8 Å². The number of aryl methyl sites for hydroxylation is 1. The summed E-state index contributed by atoms with van der Waals surface area (Å²) in [5, 5.41) is 0. The quantitative estimate of drug-likeness (QED) is 0.858. The van der Waals surface area contributed by atoms with Crippen molar-refractivity contribution in [3.05, 3.63) is 47.7 Å². The number of fused-ring (bicyclic) bond motifs is 2. The van der Waals surface area contributed by atoms with Crippen LogP contribution in [0.1, 0.15) is 42.5 Å². The zero-order valence-electron chi connectivity index (χ0n) is 14.9. The summed E-state index contributed by atoms with van der Waals surface area (Å²) in [7, 11) is 0. The lowest BCUT2D eigenvalue weighted by atomic mass is 9.78. The van der Waals surface area contributed by atoms with E-state index in [0.717, 1.165) is 30.2 Å². The van der Waals surface area contributed by atoms with Gasteiger partial charge in [0.2, 0.25) is 0 Å². The first-order chi connectivity index (χ1) is 12.0. The van der Waals surface area contributed by atoms with E-state index in [1.54, 1.807) is 18.6 Å². The highest BCUT2D eigenvalue weighted by atomic mass is 16.2.